The van der Waals surface area contributed by atoms with Crippen molar-refractivity contribution in [3.05, 3.63) is 51.8 Å². The molecule has 1 aromatic heterocycles. The van der Waals surface area contributed by atoms with Gasteiger partial charge in [-0.2, -0.15) is 5.10 Å². The maximum Gasteiger partial charge on any atom is 0.238 e. The van der Waals surface area contributed by atoms with Gasteiger partial charge in [-0.25, -0.2) is 0 Å². The van der Waals surface area contributed by atoms with Crippen LogP contribution in [0.25, 0.3) is 0 Å². The third-order valence-corrected chi connectivity index (χ3v) is 3.65. The molecule has 0 aliphatic carbocycles. The van der Waals surface area contributed by atoms with E-state index >= 15 is 0 Å². The number of carbonyl (C=O) groups excluding carboxylic acids is 1. The molecular formula is C13H12ClN4O2-. The number of nitrogens with one attached hydrogen (secondary N) is 1. The number of hydroxylamine groups is 2. The van der Waals surface area contributed by atoms with Crippen molar-refractivity contribution in [3.63, 3.8) is 0 Å². The van der Waals surface area contributed by atoms with Crippen LogP contribution in [0.1, 0.15) is 17.2 Å². The van der Waals surface area contributed by atoms with Gasteiger partial charge in [0.05, 0.1) is 18.8 Å². The topological polar surface area (TPSA) is 73.2 Å². The van der Waals surface area contributed by atoms with Crippen LogP contribution in [0.15, 0.2) is 30.5 Å². The van der Waals surface area contributed by atoms with Crippen LogP contribution in [0.3, 0.4) is 0 Å². The highest BCUT2D eigenvalue weighted by atomic mass is 35.5. The first-order valence-electron chi connectivity index (χ1n) is 6.08. The van der Waals surface area contributed by atoms with Gasteiger partial charge in [-0.1, -0.05) is 29.8 Å². The summed E-state index contributed by atoms with van der Waals surface area (Å²) in [4.78, 5) is 11.7. The number of halogens is 1. The summed E-state index contributed by atoms with van der Waals surface area (Å²) in [6.07, 6.45) is 1.58. The molecular weight excluding hydrogens is 280 g/mol. The largest absolute Gasteiger partial charge is 0.784 e. The molecule has 0 radical (unpaired) electrons. The molecule has 1 aromatic carbocycles. The van der Waals surface area contributed by atoms with Crippen LogP contribution in [0.5, 0.6) is 0 Å². The fourth-order valence-corrected chi connectivity index (χ4v) is 2.63. The van der Waals surface area contributed by atoms with Crippen LogP contribution in [-0.2, 0) is 11.8 Å². The number of aryl methyl sites for hydroxylation is 1. The van der Waals surface area contributed by atoms with Crippen LogP contribution in [-0.4, -0.2) is 27.3 Å². The normalized spacial score (nSPS) is 19.4. The van der Waals surface area contributed by atoms with Gasteiger partial charge >= 0.3 is 0 Å². The summed E-state index contributed by atoms with van der Waals surface area (Å²) in [5.41, 5.74) is 1.30. The monoisotopic (exact) mass is 291 g/mol. The zero-order valence-corrected chi connectivity index (χ0v) is 11.5. The summed E-state index contributed by atoms with van der Waals surface area (Å²) in [7, 11) is 1.71. The van der Waals surface area contributed by atoms with Gasteiger partial charge in [0.1, 0.15) is 5.82 Å². The zero-order chi connectivity index (χ0) is 14.3. The molecule has 7 heteroatoms. The fourth-order valence-electron chi connectivity index (χ4n) is 2.39. The van der Waals surface area contributed by atoms with Gasteiger partial charge in [0, 0.05) is 17.6 Å². The van der Waals surface area contributed by atoms with Crippen molar-refractivity contribution in [2.24, 2.45) is 7.05 Å². The Labute approximate surface area is 120 Å². The summed E-state index contributed by atoms with van der Waals surface area (Å²) in [5.74, 6) is 0.165. The summed E-state index contributed by atoms with van der Waals surface area (Å²) in [5, 5.41) is 20.3. The van der Waals surface area contributed by atoms with E-state index in [0.717, 1.165) is 5.06 Å². The first-order chi connectivity index (χ1) is 9.58. The van der Waals surface area contributed by atoms with E-state index in [0.29, 0.717) is 22.0 Å². The van der Waals surface area contributed by atoms with Gasteiger partial charge in [-0.15, -0.1) is 0 Å². The number of nitrogens with zero attached hydrogens (tertiary/aromatic N) is 3. The molecule has 1 aliphatic heterocycles. The number of aromatic nitrogens is 2. The lowest BCUT2D eigenvalue weighted by Crippen LogP contribution is -2.29. The van der Waals surface area contributed by atoms with Crippen molar-refractivity contribution >= 4 is 23.3 Å². The lowest BCUT2D eigenvalue weighted by atomic mass is 10.0. The standard InChI is InChI=1S/C13H12ClN4O2/c1-17-13-9(6-15-17)12(18(20)7-11(19)16-13)8-4-2-3-5-10(8)14/h2-6,12H,7H2,1H3,(H,16,19)/q-1. The average molecular weight is 292 g/mol. The average Bonchev–Trinajstić information content (AvgIpc) is 2.68. The predicted octanol–water partition coefficient (Wildman–Crippen LogP) is 1.91. The van der Waals surface area contributed by atoms with E-state index < -0.39 is 6.04 Å². The molecule has 0 spiro atoms. The van der Waals surface area contributed by atoms with Gasteiger partial charge in [0.15, 0.2) is 0 Å². The quantitative estimate of drug-likeness (QED) is 0.871. The van der Waals surface area contributed by atoms with Crippen molar-refractivity contribution in [3.8, 4) is 0 Å². The summed E-state index contributed by atoms with van der Waals surface area (Å²) in [6.45, 7) is -0.245. The van der Waals surface area contributed by atoms with Crippen LogP contribution >= 0.6 is 11.6 Å². The van der Waals surface area contributed by atoms with Crippen LogP contribution in [0.2, 0.25) is 5.02 Å². The summed E-state index contributed by atoms with van der Waals surface area (Å²) >= 11 is 6.19. The number of anilines is 1. The maximum absolute atomic E-state index is 12.3. The minimum Gasteiger partial charge on any atom is -0.784 e. The molecule has 0 fully saturated rings. The first kappa shape index (κ1) is 13.1. The second-order valence-electron chi connectivity index (χ2n) is 4.62. The summed E-state index contributed by atoms with van der Waals surface area (Å²) < 4.78 is 1.54. The van der Waals surface area contributed by atoms with Crippen LogP contribution in [0, 0.1) is 5.21 Å². The highest BCUT2D eigenvalue weighted by Crippen LogP contribution is 2.37. The van der Waals surface area contributed by atoms with Gasteiger partial charge in [0.2, 0.25) is 5.91 Å². The molecule has 1 unspecified atom stereocenters. The van der Waals surface area contributed by atoms with Crippen molar-refractivity contribution in [1.29, 1.82) is 0 Å². The Kier molecular flexibility index (Phi) is 3.21. The van der Waals surface area contributed by atoms with E-state index in [4.69, 9.17) is 11.6 Å². The van der Waals surface area contributed by atoms with Gasteiger partial charge < -0.3 is 15.6 Å². The number of rotatable bonds is 1. The minimum atomic E-state index is -0.647. The number of benzene rings is 1. The molecule has 3 rings (SSSR count). The number of amides is 1. The lowest BCUT2D eigenvalue weighted by molar-refractivity contribution is -0.116. The maximum atomic E-state index is 12.3. The Balaban J connectivity index is 2.18. The predicted molar refractivity (Wildman–Crippen MR) is 75.2 cm³/mol. The van der Waals surface area contributed by atoms with Gasteiger partial charge in [-0.05, 0) is 11.6 Å². The Hall–Kier alpha value is -1.89. The number of carbonyl (C=O) groups is 1. The van der Waals surface area contributed by atoms with Crippen molar-refractivity contribution in [2.75, 3.05) is 11.9 Å². The van der Waals surface area contributed by atoms with E-state index in [-0.39, 0.29) is 12.5 Å². The molecule has 104 valence electrons. The molecule has 1 N–H and O–H groups in total. The van der Waals surface area contributed by atoms with Crippen molar-refractivity contribution in [1.82, 2.24) is 14.8 Å². The number of hydrogen-bond acceptors (Lipinski definition) is 4. The van der Waals surface area contributed by atoms with Crippen molar-refractivity contribution < 1.29 is 4.79 Å². The molecule has 1 atom stereocenters. The SMILES string of the molecule is Cn1ncc2c1NC(=O)CN([O-])C2c1ccccc1Cl. The second-order valence-corrected chi connectivity index (χ2v) is 5.03. The minimum absolute atomic E-state index is 0.245. The van der Waals surface area contributed by atoms with E-state index in [1.54, 1.807) is 31.4 Å². The lowest BCUT2D eigenvalue weighted by Gasteiger charge is -2.35. The molecule has 0 bridgehead atoms. The van der Waals surface area contributed by atoms with E-state index in [9.17, 15) is 10.0 Å². The van der Waals surface area contributed by atoms with E-state index in [2.05, 4.69) is 10.4 Å². The van der Waals surface area contributed by atoms with E-state index in [1.807, 2.05) is 6.07 Å². The molecule has 0 saturated carbocycles. The first-order valence-corrected chi connectivity index (χ1v) is 6.45. The Morgan fingerprint density at radius 3 is 2.90 bits per heavy atom. The Bertz CT molecular complexity index is 670. The van der Waals surface area contributed by atoms with Crippen LogP contribution in [0.4, 0.5) is 5.82 Å². The number of fused-ring (bicyclic) bond motifs is 1. The molecule has 6 nitrogen and oxygen atoms in total. The van der Waals surface area contributed by atoms with Gasteiger partial charge in [-0.3, -0.25) is 9.48 Å². The number of hydrogen-bond donors (Lipinski definition) is 1. The van der Waals surface area contributed by atoms with Crippen LogP contribution < -0.4 is 5.32 Å². The van der Waals surface area contributed by atoms with E-state index in [1.165, 1.54) is 4.68 Å². The highest BCUT2D eigenvalue weighted by molar-refractivity contribution is 6.31. The zero-order valence-electron chi connectivity index (χ0n) is 10.7. The molecule has 2 heterocycles. The molecule has 1 aliphatic rings. The molecule has 20 heavy (non-hydrogen) atoms. The Morgan fingerprint density at radius 2 is 2.15 bits per heavy atom. The highest BCUT2D eigenvalue weighted by Gasteiger charge is 2.28. The smallest absolute Gasteiger partial charge is 0.238 e. The van der Waals surface area contributed by atoms with Crippen molar-refractivity contribution in [2.45, 2.75) is 6.04 Å². The summed E-state index contributed by atoms with van der Waals surface area (Å²) in [6, 6.07) is 6.47. The third-order valence-electron chi connectivity index (χ3n) is 3.31. The van der Waals surface area contributed by atoms with Gasteiger partial charge in [0.25, 0.3) is 0 Å². The fraction of sp³-hybridized carbons (Fsp3) is 0.231. The third kappa shape index (κ3) is 2.07. The Morgan fingerprint density at radius 1 is 1.40 bits per heavy atom. The molecule has 2 aromatic rings. The molecule has 0 saturated heterocycles. The molecule has 1 amide bonds. The second kappa shape index (κ2) is 4.90.